The number of rotatable bonds is 4. The van der Waals surface area contributed by atoms with Crippen molar-refractivity contribution in [3.05, 3.63) is 57.3 Å². The van der Waals surface area contributed by atoms with Crippen LogP contribution < -0.4 is 5.73 Å². The highest BCUT2D eigenvalue weighted by molar-refractivity contribution is 7.07. The molecule has 1 atom stereocenters. The van der Waals surface area contributed by atoms with Crippen molar-refractivity contribution in [2.45, 2.75) is 39.2 Å². The standard InChI is InChI=1S/C16H21NS/c1-12-4-5-15(10-13(12)2)16(3,17)8-6-14-7-9-18-11-14/h4-5,7,9-11H,6,8,17H2,1-3H3. The molecule has 2 N–H and O–H groups in total. The molecule has 1 heterocycles. The third kappa shape index (κ3) is 3.01. The van der Waals surface area contributed by atoms with Crippen molar-refractivity contribution in [3.8, 4) is 0 Å². The van der Waals surface area contributed by atoms with Crippen LogP contribution in [-0.2, 0) is 12.0 Å². The Morgan fingerprint density at radius 2 is 1.94 bits per heavy atom. The van der Waals surface area contributed by atoms with Gasteiger partial charge in [0.2, 0.25) is 0 Å². The van der Waals surface area contributed by atoms with Crippen LogP contribution in [0, 0.1) is 13.8 Å². The lowest BCUT2D eigenvalue weighted by Crippen LogP contribution is -2.33. The van der Waals surface area contributed by atoms with Crippen molar-refractivity contribution in [3.63, 3.8) is 0 Å². The van der Waals surface area contributed by atoms with Gasteiger partial charge in [0.05, 0.1) is 0 Å². The molecule has 0 saturated carbocycles. The smallest absolute Gasteiger partial charge is 0.0384 e. The number of nitrogens with two attached hydrogens (primary N) is 1. The molecular weight excluding hydrogens is 238 g/mol. The fourth-order valence-electron chi connectivity index (χ4n) is 2.08. The van der Waals surface area contributed by atoms with Gasteiger partial charge in [-0.1, -0.05) is 18.2 Å². The van der Waals surface area contributed by atoms with Crippen LogP contribution in [0.2, 0.25) is 0 Å². The fraction of sp³-hybridized carbons (Fsp3) is 0.375. The topological polar surface area (TPSA) is 26.0 Å². The first-order chi connectivity index (χ1) is 8.49. The first-order valence-electron chi connectivity index (χ1n) is 6.37. The van der Waals surface area contributed by atoms with Crippen molar-refractivity contribution in [1.82, 2.24) is 0 Å². The van der Waals surface area contributed by atoms with E-state index in [4.69, 9.17) is 5.73 Å². The monoisotopic (exact) mass is 259 g/mol. The highest BCUT2D eigenvalue weighted by Gasteiger charge is 2.21. The first-order valence-corrected chi connectivity index (χ1v) is 7.31. The largest absolute Gasteiger partial charge is 0.322 e. The van der Waals surface area contributed by atoms with Gasteiger partial charge in [0.1, 0.15) is 0 Å². The van der Waals surface area contributed by atoms with E-state index < -0.39 is 0 Å². The SMILES string of the molecule is Cc1ccc(C(C)(N)CCc2ccsc2)cc1C. The van der Waals surface area contributed by atoms with Gasteiger partial charge < -0.3 is 5.73 Å². The predicted molar refractivity (Wildman–Crippen MR) is 80.1 cm³/mol. The Kier molecular flexibility index (Phi) is 3.88. The van der Waals surface area contributed by atoms with Crippen LogP contribution in [0.3, 0.4) is 0 Å². The van der Waals surface area contributed by atoms with E-state index >= 15 is 0 Å². The molecule has 0 saturated heterocycles. The second-order valence-corrected chi connectivity index (χ2v) is 6.13. The van der Waals surface area contributed by atoms with Crippen molar-refractivity contribution >= 4 is 11.3 Å². The van der Waals surface area contributed by atoms with E-state index in [2.05, 4.69) is 55.8 Å². The van der Waals surface area contributed by atoms with Gasteiger partial charge in [0.15, 0.2) is 0 Å². The van der Waals surface area contributed by atoms with Gasteiger partial charge in [0.25, 0.3) is 0 Å². The summed E-state index contributed by atoms with van der Waals surface area (Å²) in [5.74, 6) is 0. The molecule has 0 bridgehead atoms. The summed E-state index contributed by atoms with van der Waals surface area (Å²) in [4.78, 5) is 0. The van der Waals surface area contributed by atoms with E-state index in [1.165, 1.54) is 22.3 Å². The quantitative estimate of drug-likeness (QED) is 0.876. The van der Waals surface area contributed by atoms with Crippen molar-refractivity contribution in [1.29, 1.82) is 0 Å². The van der Waals surface area contributed by atoms with E-state index in [1.807, 2.05) is 0 Å². The van der Waals surface area contributed by atoms with Gasteiger partial charge in [-0.2, -0.15) is 11.3 Å². The second kappa shape index (κ2) is 5.25. The van der Waals surface area contributed by atoms with E-state index in [1.54, 1.807) is 11.3 Å². The summed E-state index contributed by atoms with van der Waals surface area (Å²) in [6.45, 7) is 6.41. The van der Waals surface area contributed by atoms with Gasteiger partial charge in [-0.15, -0.1) is 0 Å². The molecular formula is C16H21NS. The minimum Gasteiger partial charge on any atom is -0.322 e. The molecule has 2 heteroatoms. The zero-order chi connectivity index (χ0) is 13.2. The van der Waals surface area contributed by atoms with Crippen LogP contribution in [-0.4, -0.2) is 0 Å². The molecule has 1 unspecified atom stereocenters. The van der Waals surface area contributed by atoms with E-state index in [0.29, 0.717) is 0 Å². The molecule has 0 aliphatic rings. The zero-order valence-corrected chi connectivity index (χ0v) is 12.2. The number of benzene rings is 1. The Bertz CT molecular complexity index is 512. The first kappa shape index (κ1) is 13.3. The molecule has 0 fully saturated rings. The molecule has 18 heavy (non-hydrogen) atoms. The lowest BCUT2D eigenvalue weighted by molar-refractivity contribution is 0.453. The Balaban J connectivity index is 2.11. The summed E-state index contributed by atoms with van der Waals surface area (Å²) < 4.78 is 0. The fourth-order valence-corrected chi connectivity index (χ4v) is 2.78. The van der Waals surface area contributed by atoms with Crippen molar-refractivity contribution in [2.24, 2.45) is 5.73 Å². The van der Waals surface area contributed by atoms with Crippen LogP contribution in [0.25, 0.3) is 0 Å². The molecule has 0 aliphatic carbocycles. The molecule has 1 nitrogen and oxygen atoms in total. The highest BCUT2D eigenvalue weighted by Crippen LogP contribution is 2.26. The zero-order valence-electron chi connectivity index (χ0n) is 11.4. The Morgan fingerprint density at radius 3 is 2.56 bits per heavy atom. The lowest BCUT2D eigenvalue weighted by Gasteiger charge is -2.26. The summed E-state index contributed by atoms with van der Waals surface area (Å²) in [6.07, 6.45) is 2.02. The van der Waals surface area contributed by atoms with Crippen LogP contribution in [0.5, 0.6) is 0 Å². The second-order valence-electron chi connectivity index (χ2n) is 5.35. The summed E-state index contributed by atoms with van der Waals surface area (Å²) >= 11 is 1.75. The number of hydrogen-bond donors (Lipinski definition) is 1. The van der Waals surface area contributed by atoms with E-state index in [0.717, 1.165) is 12.8 Å². The minimum atomic E-state index is -0.250. The van der Waals surface area contributed by atoms with Gasteiger partial charge in [-0.25, -0.2) is 0 Å². The number of aryl methyl sites for hydroxylation is 3. The molecule has 0 amide bonds. The van der Waals surface area contributed by atoms with Gasteiger partial charge in [-0.3, -0.25) is 0 Å². The molecule has 2 aromatic rings. The highest BCUT2D eigenvalue weighted by atomic mass is 32.1. The Labute approximate surface area is 114 Å². The normalized spacial score (nSPS) is 14.4. The van der Waals surface area contributed by atoms with Gasteiger partial charge >= 0.3 is 0 Å². The van der Waals surface area contributed by atoms with Crippen LogP contribution >= 0.6 is 11.3 Å². The maximum absolute atomic E-state index is 6.48. The summed E-state index contributed by atoms with van der Waals surface area (Å²) in [6, 6.07) is 8.74. The number of thiophene rings is 1. The third-order valence-electron chi connectivity index (χ3n) is 3.68. The van der Waals surface area contributed by atoms with Crippen molar-refractivity contribution < 1.29 is 0 Å². The molecule has 96 valence electrons. The lowest BCUT2D eigenvalue weighted by atomic mass is 9.86. The van der Waals surface area contributed by atoms with E-state index in [-0.39, 0.29) is 5.54 Å². The molecule has 2 rings (SSSR count). The molecule has 0 radical (unpaired) electrons. The summed E-state index contributed by atoms with van der Waals surface area (Å²) in [5.41, 5.74) is 11.5. The summed E-state index contributed by atoms with van der Waals surface area (Å²) in [7, 11) is 0. The predicted octanol–water partition coefficient (Wildman–Crippen LogP) is 4.17. The van der Waals surface area contributed by atoms with Gasteiger partial charge in [-0.05, 0) is 72.7 Å². The maximum atomic E-state index is 6.48. The Hall–Kier alpha value is -1.12. The maximum Gasteiger partial charge on any atom is 0.0384 e. The van der Waals surface area contributed by atoms with Crippen LogP contribution in [0.15, 0.2) is 35.0 Å². The number of hydrogen-bond acceptors (Lipinski definition) is 2. The van der Waals surface area contributed by atoms with Crippen molar-refractivity contribution in [2.75, 3.05) is 0 Å². The molecule has 0 aliphatic heterocycles. The molecule has 1 aromatic carbocycles. The van der Waals surface area contributed by atoms with E-state index in [9.17, 15) is 0 Å². The molecule has 0 spiro atoms. The summed E-state index contributed by atoms with van der Waals surface area (Å²) in [5, 5.41) is 4.33. The average molecular weight is 259 g/mol. The minimum absolute atomic E-state index is 0.250. The third-order valence-corrected chi connectivity index (χ3v) is 4.41. The molecule has 1 aromatic heterocycles. The van der Waals surface area contributed by atoms with Gasteiger partial charge in [0, 0.05) is 5.54 Å². The van der Waals surface area contributed by atoms with Crippen LogP contribution in [0.4, 0.5) is 0 Å². The Morgan fingerprint density at radius 1 is 1.17 bits per heavy atom. The average Bonchev–Trinajstić information content (AvgIpc) is 2.83. The van der Waals surface area contributed by atoms with Crippen LogP contribution in [0.1, 0.15) is 35.6 Å².